The summed E-state index contributed by atoms with van der Waals surface area (Å²) in [5.74, 6) is -0.348. The first kappa shape index (κ1) is 12.8. The van der Waals surface area contributed by atoms with Gasteiger partial charge in [-0.3, -0.25) is 4.79 Å². The summed E-state index contributed by atoms with van der Waals surface area (Å²) in [5.41, 5.74) is 0.771. The summed E-state index contributed by atoms with van der Waals surface area (Å²) in [6.45, 7) is 2.09. The van der Waals surface area contributed by atoms with Crippen LogP contribution in [0.2, 0.25) is 0 Å². The lowest BCUT2D eigenvalue weighted by molar-refractivity contribution is -0.118. The van der Waals surface area contributed by atoms with Crippen molar-refractivity contribution in [3.8, 4) is 0 Å². The van der Waals surface area contributed by atoms with Crippen molar-refractivity contribution in [1.82, 2.24) is 5.32 Å². The fraction of sp³-hybridized carbons (Fsp3) is 0.400. The van der Waals surface area contributed by atoms with Gasteiger partial charge in [-0.2, -0.15) is 0 Å². The first-order valence-electron chi connectivity index (χ1n) is 6.33. The lowest BCUT2D eigenvalue weighted by atomic mass is 10.0. The molecule has 0 atom stereocenters. The normalized spacial score (nSPS) is 18.1. The maximum atomic E-state index is 12.7. The van der Waals surface area contributed by atoms with Crippen LogP contribution in [-0.2, 0) is 4.79 Å². The molecule has 0 aliphatic heterocycles. The van der Waals surface area contributed by atoms with Crippen LogP contribution in [-0.4, -0.2) is 11.4 Å². The van der Waals surface area contributed by atoms with Gasteiger partial charge in [0.15, 0.2) is 0 Å². The highest BCUT2D eigenvalue weighted by atomic mass is 19.1. The molecule has 0 radical (unpaired) electrons. The Hall–Kier alpha value is -1.64. The molecule has 1 N–H and O–H groups in total. The molecule has 0 spiro atoms. The first-order valence-corrected chi connectivity index (χ1v) is 6.33. The van der Waals surface area contributed by atoms with Gasteiger partial charge >= 0.3 is 0 Å². The van der Waals surface area contributed by atoms with E-state index in [1.54, 1.807) is 18.2 Å². The Bertz CT molecular complexity index is 444. The van der Waals surface area contributed by atoms with Crippen molar-refractivity contribution in [2.24, 2.45) is 0 Å². The predicted molar refractivity (Wildman–Crippen MR) is 70.4 cm³/mol. The molecule has 1 amide bonds. The van der Waals surface area contributed by atoms with Crippen molar-refractivity contribution in [2.75, 3.05) is 0 Å². The molecular formula is C15H18FNO. The van der Waals surface area contributed by atoms with E-state index in [-0.39, 0.29) is 17.3 Å². The standard InChI is InChI=1S/C15H18FNO/c1-15(10-2-3-11-15)17-14(18)9-6-12-4-7-13(16)8-5-12/h4-9H,2-3,10-11H2,1H3,(H,17,18). The summed E-state index contributed by atoms with van der Waals surface area (Å²) in [4.78, 5) is 11.8. The zero-order valence-corrected chi connectivity index (χ0v) is 10.6. The molecule has 1 aliphatic rings. The van der Waals surface area contributed by atoms with Gasteiger partial charge in [0.05, 0.1) is 0 Å². The zero-order valence-electron chi connectivity index (χ0n) is 10.6. The molecule has 0 bridgehead atoms. The topological polar surface area (TPSA) is 29.1 Å². The number of halogens is 1. The highest BCUT2D eigenvalue weighted by Crippen LogP contribution is 2.28. The number of hydrogen-bond acceptors (Lipinski definition) is 1. The van der Waals surface area contributed by atoms with Crippen LogP contribution in [0.4, 0.5) is 4.39 Å². The minimum Gasteiger partial charge on any atom is -0.347 e. The van der Waals surface area contributed by atoms with Crippen molar-refractivity contribution in [3.63, 3.8) is 0 Å². The summed E-state index contributed by atoms with van der Waals surface area (Å²) in [7, 11) is 0. The minimum atomic E-state index is -0.268. The number of carbonyl (C=O) groups is 1. The summed E-state index contributed by atoms with van der Waals surface area (Å²) in [6, 6.07) is 6.07. The fourth-order valence-electron chi connectivity index (χ4n) is 2.37. The SMILES string of the molecule is CC1(NC(=O)C=Cc2ccc(F)cc2)CCCC1. The van der Waals surface area contributed by atoms with Crippen LogP contribution in [0.3, 0.4) is 0 Å². The fourth-order valence-corrected chi connectivity index (χ4v) is 2.37. The third-order valence-electron chi connectivity index (χ3n) is 3.43. The minimum absolute atomic E-state index is 0.0514. The largest absolute Gasteiger partial charge is 0.347 e. The Labute approximate surface area is 107 Å². The molecule has 3 heteroatoms. The molecule has 2 rings (SSSR count). The van der Waals surface area contributed by atoms with Gasteiger partial charge in [0, 0.05) is 11.6 Å². The van der Waals surface area contributed by atoms with Gasteiger partial charge in [0.25, 0.3) is 0 Å². The third-order valence-corrected chi connectivity index (χ3v) is 3.43. The highest BCUT2D eigenvalue weighted by Gasteiger charge is 2.29. The van der Waals surface area contributed by atoms with Crippen molar-refractivity contribution >= 4 is 12.0 Å². The second-order valence-corrected chi connectivity index (χ2v) is 5.14. The Morgan fingerprint density at radius 2 is 1.89 bits per heavy atom. The van der Waals surface area contributed by atoms with Crippen LogP contribution in [0, 0.1) is 5.82 Å². The number of hydrogen-bond donors (Lipinski definition) is 1. The van der Waals surface area contributed by atoms with Crippen molar-refractivity contribution in [1.29, 1.82) is 0 Å². The van der Waals surface area contributed by atoms with E-state index in [1.807, 2.05) is 0 Å². The van der Waals surface area contributed by atoms with Gasteiger partial charge in [0.1, 0.15) is 5.82 Å². The Morgan fingerprint density at radius 3 is 2.50 bits per heavy atom. The predicted octanol–water partition coefficient (Wildman–Crippen LogP) is 3.29. The van der Waals surface area contributed by atoms with Crippen LogP contribution < -0.4 is 5.32 Å². The van der Waals surface area contributed by atoms with E-state index in [0.717, 1.165) is 18.4 Å². The number of amides is 1. The van der Waals surface area contributed by atoms with Crippen LogP contribution in [0.25, 0.3) is 6.08 Å². The van der Waals surface area contributed by atoms with E-state index in [2.05, 4.69) is 12.2 Å². The highest BCUT2D eigenvalue weighted by molar-refractivity contribution is 5.92. The molecule has 96 valence electrons. The van der Waals surface area contributed by atoms with Crippen molar-refractivity contribution in [2.45, 2.75) is 38.1 Å². The molecule has 0 saturated heterocycles. The molecule has 1 aromatic rings. The Kier molecular flexibility index (Phi) is 3.80. The lowest BCUT2D eigenvalue weighted by Gasteiger charge is -2.24. The van der Waals surface area contributed by atoms with Gasteiger partial charge in [-0.1, -0.05) is 25.0 Å². The molecule has 1 aromatic carbocycles. The third kappa shape index (κ3) is 3.42. The second-order valence-electron chi connectivity index (χ2n) is 5.14. The van der Waals surface area contributed by atoms with Crippen LogP contribution >= 0.6 is 0 Å². The molecule has 1 aliphatic carbocycles. The quantitative estimate of drug-likeness (QED) is 0.816. The van der Waals surface area contributed by atoms with Crippen LogP contribution in [0.1, 0.15) is 38.2 Å². The maximum absolute atomic E-state index is 12.7. The molecule has 1 fully saturated rings. The van der Waals surface area contributed by atoms with Gasteiger partial charge in [-0.15, -0.1) is 0 Å². The summed E-state index contributed by atoms with van der Waals surface area (Å²) in [6.07, 6.45) is 7.66. The summed E-state index contributed by atoms with van der Waals surface area (Å²) >= 11 is 0. The van der Waals surface area contributed by atoms with Gasteiger partial charge in [-0.05, 0) is 43.5 Å². The smallest absolute Gasteiger partial charge is 0.244 e. The molecule has 2 nitrogen and oxygen atoms in total. The summed E-state index contributed by atoms with van der Waals surface area (Å²) in [5, 5.41) is 3.04. The van der Waals surface area contributed by atoms with Gasteiger partial charge in [-0.25, -0.2) is 4.39 Å². The van der Waals surface area contributed by atoms with E-state index in [9.17, 15) is 9.18 Å². The van der Waals surface area contributed by atoms with E-state index < -0.39 is 0 Å². The summed E-state index contributed by atoms with van der Waals surface area (Å²) < 4.78 is 12.7. The van der Waals surface area contributed by atoms with E-state index in [0.29, 0.717) is 0 Å². The molecule has 18 heavy (non-hydrogen) atoms. The maximum Gasteiger partial charge on any atom is 0.244 e. The Morgan fingerprint density at radius 1 is 1.28 bits per heavy atom. The average Bonchev–Trinajstić information content (AvgIpc) is 2.75. The van der Waals surface area contributed by atoms with Crippen molar-refractivity contribution < 1.29 is 9.18 Å². The van der Waals surface area contributed by atoms with Gasteiger partial charge < -0.3 is 5.32 Å². The number of rotatable bonds is 3. The molecule has 0 heterocycles. The van der Waals surface area contributed by atoms with Crippen molar-refractivity contribution in [3.05, 3.63) is 41.7 Å². The molecule has 0 aromatic heterocycles. The monoisotopic (exact) mass is 247 g/mol. The lowest BCUT2D eigenvalue weighted by Crippen LogP contribution is -2.42. The second kappa shape index (κ2) is 5.34. The number of nitrogens with one attached hydrogen (secondary N) is 1. The van der Waals surface area contributed by atoms with Crippen LogP contribution in [0.5, 0.6) is 0 Å². The first-order chi connectivity index (χ1) is 8.57. The van der Waals surface area contributed by atoms with E-state index in [1.165, 1.54) is 31.1 Å². The van der Waals surface area contributed by atoms with Gasteiger partial charge in [0.2, 0.25) is 5.91 Å². The molecular weight excluding hydrogens is 229 g/mol. The zero-order chi connectivity index (χ0) is 13.0. The average molecular weight is 247 g/mol. The van der Waals surface area contributed by atoms with E-state index in [4.69, 9.17) is 0 Å². The number of carbonyl (C=O) groups excluding carboxylic acids is 1. The number of benzene rings is 1. The molecule has 0 unspecified atom stereocenters. The Balaban J connectivity index is 1.92. The molecule has 1 saturated carbocycles. The van der Waals surface area contributed by atoms with Crippen LogP contribution in [0.15, 0.2) is 30.3 Å². The van der Waals surface area contributed by atoms with E-state index >= 15 is 0 Å².